The van der Waals surface area contributed by atoms with E-state index in [-0.39, 0.29) is 9.92 Å². The second-order valence-corrected chi connectivity index (χ2v) is 7.30. The summed E-state index contributed by atoms with van der Waals surface area (Å²) in [4.78, 5) is 12.6. The van der Waals surface area contributed by atoms with Crippen LogP contribution in [0.1, 0.15) is 12.0 Å². The Bertz CT molecular complexity index is 722. The fourth-order valence-corrected chi connectivity index (χ4v) is 3.96. The smallest absolute Gasteiger partial charge is 0.326 e. The van der Waals surface area contributed by atoms with E-state index in [0.29, 0.717) is 22.6 Å². The molecule has 0 bridgehead atoms. The molecular formula is C15H15Cl2N3O2S. The zero-order chi connectivity index (χ0) is 16.4. The second kappa shape index (κ2) is 7.05. The summed E-state index contributed by atoms with van der Waals surface area (Å²) in [6, 6.07) is 9.22. The van der Waals surface area contributed by atoms with Crippen LogP contribution in [0.15, 0.2) is 30.3 Å². The normalized spacial score (nSPS) is 17.7. The Hall–Kier alpha value is -1.34. The lowest BCUT2D eigenvalue weighted by Gasteiger charge is -2.17. The zero-order valence-corrected chi connectivity index (χ0v) is 14.5. The number of nitro groups is 1. The Morgan fingerprint density at radius 3 is 2.87 bits per heavy atom. The third kappa shape index (κ3) is 3.95. The van der Waals surface area contributed by atoms with Crippen molar-refractivity contribution < 1.29 is 4.92 Å². The Morgan fingerprint density at radius 1 is 1.35 bits per heavy atom. The molecule has 2 heterocycles. The standard InChI is InChI=1S/C15H15Cl2N3O2S/c16-11-2-1-10(13(17)7-11)8-18-12-5-6-19(9-12)14-3-4-15(23-14)20(21)22/h1-4,7,12,18H,5-6,8-9H2. The lowest BCUT2D eigenvalue weighted by atomic mass is 10.2. The first kappa shape index (κ1) is 16.5. The molecule has 0 spiro atoms. The molecule has 0 saturated carbocycles. The molecule has 8 heteroatoms. The van der Waals surface area contributed by atoms with Crippen molar-refractivity contribution in [2.24, 2.45) is 0 Å². The van der Waals surface area contributed by atoms with Crippen molar-refractivity contribution in [1.29, 1.82) is 0 Å². The number of nitrogens with one attached hydrogen (secondary N) is 1. The molecule has 1 aromatic heterocycles. The van der Waals surface area contributed by atoms with Gasteiger partial charge in [-0.3, -0.25) is 10.1 Å². The molecule has 0 aliphatic carbocycles. The first-order chi connectivity index (χ1) is 11.0. The highest BCUT2D eigenvalue weighted by atomic mass is 35.5. The van der Waals surface area contributed by atoms with Gasteiger partial charge in [-0.15, -0.1) is 0 Å². The maximum Gasteiger partial charge on any atom is 0.326 e. The number of thiophene rings is 1. The minimum Gasteiger partial charge on any atom is -0.362 e. The van der Waals surface area contributed by atoms with Crippen LogP contribution >= 0.6 is 34.5 Å². The molecule has 1 unspecified atom stereocenters. The van der Waals surface area contributed by atoms with E-state index in [1.54, 1.807) is 12.1 Å². The van der Waals surface area contributed by atoms with Gasteiger partial charge in [0.15, 0.2) is 0 Å². The van der Waals surface area contributed by atoms with Crippen molar-refractivity contribution in [3.05, 3.63) is 56.1 Å². The van der Waals surface area contributed by atoms with Gasteiger partial charge in [-0.05, 0) is 41.5 Å². The molecule has 1 aromatic carbocycles. The Morgan fingerprint density at radius 2 is 2.17 bits per heavy atom. The highest BCUT2D eigenvalue weighted by molar-refractivity contribution is 7.19. The van der Waals surface area contributed by atoms with E-state index >= 15 is 0 Å². The van der Waals surface area contributed by atoms with E-state index in [1.807, 2.05) is 18.2 Å². The van der Waals surface area contributed by atoms with Crippen molar-refractivity contribution in [2.75, 3.05) is 18.0 Å². The van der Waals surface area contributed by atoms with Gasteiger partial charge >= 0.3 is 5.00 Å². The largest absolute Gasteiger partial charge is 0.362 e. The minimum atomic E-state index is -0.345. The maximum absolute atomic E-state index is 10.8. The van der Waals surface area contributed by atoms with Crippen molar-refractivity contribution in [3.63, 3.8) is 0 Å². The molecule has 1 aliphatic rings. The number of hydrogen-bond donors (Lipinski definition) is 1. The van der Waals surface area contributed by atoms with Crippen LogP contribution in [0.3, 0.4) is 0 Å². The highest BCUT2D eigenvalue weighted by Gasteiger charge is 2.24. The Labute approximate surface area is 148 Å². The van der Waals surface area contributed by atoms with Crippen LogP contribution in [-0.2, 0) is 6.54 Å². The van der Waals surface area contributed by atoms with Crippen LogP contribution in [0.2, 0.25) is 10.0 Å². The van der Waals surface area contributed by atoms with Crippen LogP contribution in [0.4, 0.5) is 10.0 Å². The topological polar surface area (TPSA) is 58.4 Å². The molecule has 1 atom stereocenters. The van der Waals surface area contributed by atoms with E-state index in [4.69, 9.17) is 23.2 Å². The van der Waals surface area contributed by atoms with Gasteiger partial charge in [0.05, 0.1) is 9.92 Å². The molecular weight excluding hydrogens is 357 g/mol. The third-order valence-corrected chi connectivity index (χ3v) is 5.54. The quantitative estimate of drug-likeness (QED) is 0.627. The molecule has 1 fully saturated rings. The first-order valence-electron chi connectivity index (χ1n) is 7.19. The minimum absolute atomic E-state index is 0.185. The van der Waals surface area contributed by atoms with Crippen LogP contribution < -0.4 is 10.2 Å². The van der Waals surface area contributed by atoms with E-state index in [9.17, 15) is 10.1 Å². The number of anilines is 1. The van der Waals surface area contributed by atoms with E-state index in [2.05, 4.69) is 10.2 Å². The SMILES string of the molecule is O=[N+]([O-])c1ccc(N2CCC(NCc3ccc(Cl)cc3Cl)C2)s1. The fourth-order valence-electron chi connectivity index (χ4n) is 2.63. The molecule has 1 N–H and O–H groups in total. The van der Waals surface area contributed by atoms with Crippen LogP contribution in [0, 0.1) is 10.1 Å². The van der Waals surface area contributed by atoms with Crippen LogP contribution in [-0.4, -0.2) is 24.1 Å². The van der Waals surface area contributed by atoms with Crippen molar-refractivity contribution >= 4 is 44.5 Å². The van der Waals surface area contributed by atoms with Crippen LogP contribution in [0.25, 0.3) is 0 Å². The second-order valence-electron chi connectivity index (χ2n) is 5.42. The lowest BCUT2D eigenvalue weighted by Crippen LogP contribution is -2.31. The average molecular weight is 372 g/mol. The molecule has 23 heavy (non-hydrogen) atoms. The molecule has 2 aromatic rings. The van der Waals surface area contributed by atoms with Gasteiger partial charge in [-0.2, -0.15) is 0 Å². The van der Waals surface area contributed by atoms with Gasteiger partial charge in [-0.25, -0.2) is 0 Å². The molecule has 0 radical (unpaired) electrons. The predicted octanol–water partition coefficient (Wildman–Crippen LogP) is 4.33. The van der Waals surface area contributed by atoms with Crippen molar-refractivity contribution in [1.82, 2.24) is 5.32 Å². The maximum atomic E-state index is 10.8. The summed E-state index contributed by atoms with van der Waals surface area (Å²) in [5, 5.41) is 16.7. The van der Waals surface area contributed by atoms with Gasteiger partial charge in [0.2, 0.25) is 0 Å². The Balaban J connectivity index is 1.56. The average Bonchev–Trinajstić information content (AvgIpc) is 3.15. The molecule has 0 amide bonds. The number of halogens is 2. The molecule has 1 aliphatic heterocycles. The summed E-state index contributed by atoms with van der Waals surface area (Å²) < 4.78 is 0. The zero-order valence-electron chi connectivity index (χ0n) is 12.2. The highest BCUT2D eigenvalue weighted by Crippen LogP contribution is 2.33. The van der Waals surface area contributed by atoms with Gasteiger partial charge in [-0.1, -0.05) is 29.3 Å². The number of benzene rings is 1. The summed E-state index contributed by atoms with van der Waals surface area (Å²) >= 11 is 13.3. The molecule has 3 rings (SSSR count). The van der Waals surface area contributed by atoms with E-state index in [0.717, 1.165) is 30.1 Å². The fraction of sp³-hybridized carbons (Fsp3) is 0.333. The lowest BCUT2D eigenvalue weighted by molar-refractivity contribution is -0.380. The number of hydrogen-bond acceptors (Lipinski definition) is 5. The monoisotopic (exact) mass is 371 g/mol. The van der Waals surface area contributed by atoms with Crippen molar-refractivity contribution in [2.45, 2.75) is 19.0 Å². The predicted molar refractivity (Wildman–Crippen MR) is 94.9 cm³/mol. The third-order valence-electron chi connectivity index (χ3n) is 3.85. The van der Waals surface area contributed by atoms with Crippen molar-refractivity contribution in [3.8, 4) is 0 Å². The number of rotatable bonds is 5. The van der Waals surface area contributed by atoms with Gasteiger partial charge in [0, 0.05) is 41.8 Å². The van der Waals surface area contributed by atoms with Gasteiger partial charge in [0.1, 0.15) is 0 Å². The van der Waals surface area contributed by atoms with E-state index in [1.165, 1.54) is 11.3 Å². The van der Waals surface area contributed by atoms with E-state index < -0.39 is 0 Å². The van der Waals surface area contributed by atoms with Gasteiger partial charge < -0.3 is 10.2 Å². The molecule has 5 nitrogen and oxygen atoms in total. The molecule has 1 saturated heterocycles. The summed E-state index contributed by atoms with van der Waals surface area (Å²) in [5.41, 5.74) is 1.02. The summed E-state index contributed by atoms with van der Waals surface area (Å²) in [5.74, 6) is 0. The van der Waals surface area contributed by atoms with Crippen LogP contribution in [0.5, 0.6) is 0 Å². The number of nitrogens with zero attached hydrogens (tertiary/aromatic N) is 2. The summed E-state index contributed by atoms with van der Waals surface area (Å²) in [6.45, 7) is 2.41. The first-order valence-corrected chi connectivity index (χ1v) is 8.76. The Kier molecular flexibility index (Phi) is 5.06. The summed E-state index contributed by atoms with van der Waals surface area (Å²) in [7, 11) is 0. The molecule has 122 valence electrons. The summed E-state index contributed by atoms with van der Waals surface area (Å²) in [6.07, 6.45) is 0.997. The van der Waals surface area contributed by atoms with Gasteiger partial charge in [0.25, 0.3) is 0 Å².